The van der Waals surface area contributed by atoms with E-state index in [2.05, 4.69) is 10.3 Å². The van der Waals surface area contributed by atoms with E-state index in [1.54, 1.807) is 17.2 Å². The summed E-state index contributed by atoms with van der Waals surface area (Å²) in [6.07, 6.45) is 2.67. The van der Waals surface area contributed by atoms with Gasteiger partial charge in [0, 0.05) is 25.7 Å². The number of pyridine rings is 1. The molecule has 0 bridgehead atoms. The first-order valence-corrected chi connectivity index (χ1v) is 7.07. The molecule has 0 unspecified atom stereocenters. The van der Waals surface area contributed by atoms with Crippen LogP contribution in [0.3, 0.4) is 0 Å². The summed E-state index contributed by atoms with van der Waals surface area (Å²) in [6.45, 7) is 6.51. The number of nitrogens with zero attached hydrogens (tertiary/aromatic N) is 2. The Morgan fingerprint density at radius 2 is 2.19 bits per heavy atom. The molecule has 2 heterocycles. The highest BCUT2D eigenvalue weighted by atomic mass is 16.6. The quantitative estimate of drug-likeness (QED) is 0.927. The summed E-state index contributed by atoms with van der Waals surface area (Å²) in [5, 5.41) is 2.67. The minimum Gasteiger partial charge on any atom is -0.444 e. The first kappa shape index (κ1) is 15.3. The van der Waals surface area contributed by atoms with Gasteiger partial charge in [0.25, 0.3) is 0 Å². The largest absolute Gasteiger partial charge is 0.444 e. The number of hydrogen-bond acceptors (Lipinski definition) is 4. The van der Waals surface area contributed by atoms with Crippen LogP contribution in [0.15, 0.2) is 18.3 Å². The molecule has 2 rings (SSSR count). The highest BCUT2D eigenvalue weighted by Crippen LogP contribution is 2.18. The average Bonchev–Trinajstić information content (AvgIpc) is 2.81. The molecule has 0 spiro atoms. The molecule has 1 aromatic rings. The van der Waals surface area contributed by atoms with Crippen molar-refractivity contribution >= 4 is 17.8 Å². The van der Waals surface area contributed by atoms with Crippen molar-refractivity contribution in [2.45, 2.75) is 45.8 Å². The van der Waals surface area contributed by atoms with Crippen LogP contribution in [-0.2, 0) is 16.1 Å². The minimum absolute atomic E-state index is 0.113. The number of aromatic nitrogens is 1. The van der Waals surface area contributed by atoms with Crippen LogP contribution in [0, 0.1) is 0 Å². The first-order chi connectivity index (χ1) is 9.85. The molecular weight excluding hydrogens is 270 g/mol. The number of rotatable bonds is 3. The zero-order valence-electron chi connectivity index (χ0n) is 12.7. The zero-order chi connectivity index (χ0) is 15.5. The van der Waals surface area contributed by atoms with Crippen molar-refractivity contribution in [2.24, 2.45) is 0 Å². The van der Waals surface area contributed by atoms with E-state index in [1.165, 1.54) is 0 Å². The minimum atomic E-state index is -0.512. The Kier molecular flexibility index (Phi) is 4.45. The highest BCUT2D eigenvalue weighted by molar-refractivity contribution is 5.94. The van der Waals surface area contributed by atoms with Gasteiger partial charge in [-0.25, -0.2) is 9.78 Å². The van der Waals surface area contributed by atoms with E-state index < -0.39 is 11.7 Å². The maximum atomic E-state index is 11.6. The maximum absolute atomic E-state index is 11.6. The number of alkyl carbamates (subject to hydrolysis) is 1. The van der Waals surface area contributed by atoms with Crippen molar-refractivity contribution < 1.29 is 14.3 Å². The highest BCUT2D eigenvalue weighted by Gasteiger charge is 2.22. The molecule has 0 aliphatic carbocycles. The van der Waals surface area contributed by atoms with Crippen LogP contribution in [0.1, 0.15) is 39.2 Å². The number of anilines is 1. The van der Waals surface area contributed by atoms with Crippen molar-refractivity contribution in [2.75, 3.05) is 11.4 Å². The van der Waals surface area contributed by atoms with Crippen LogP contribution in [0.4, 0.5) is 10.6 Å². The summed E-state index contributed by atoms with van der Waals surface area (Å²) in [6, 6.07) is 3.65. The van der Waals surface area contributed by atoms with Crippen LogP contribution in [0.5, 0.6) is 0 Å². The Hall–Kier alpha value is -2.11. The second-order valence-corrected chi connectivity index (χ2v) is 6.03. The van der Waals surface area contributed by atoms with Crippen molar-refractivity contribution in [1.29, 1.82) is 0 Å². The fourth-order valence-electron chi connectivity index (χ4n) is 2.06. The molecule has 1 aromatic heterocycles. The van der Waals surface area contributed by atoms with Crippen molar-refractivity contribution in [3.05, 3.63) is 23.9 Å². The van der Waals surface area contributed by atoms with Gasteiger partial charge in [-0.3, -0.25) is 9.69 Å². The number of nitrogens with one attached hydrogen (secondary N) is 1. The maximum Gasteiger partial charge on any atom is 0.407 e. The van der Waals surface area contributed by atoms with Gasteiger partial charge in [-0.2, -0.15) is 0 Å². The van der Waals surface area contributed by atoms with Gasteiger partial charge in [-0.15, -0.1) is 0 Å². The summed E-state index contributed by atoms with van der Waals surface area (Å²) < 4.78 is 5.16. The third kappa shape index (κ3) is 4.44. The van der Waals surface area contributed by atoms with Gasteiger partial charge in [0.2, 0.25) is 5.91 Å². The number of carbonyl (C=O) groups excluding carboxylic acids is 2. The SMILES string of the molecule is CC(C)(C)OC(=O)NCc1ccc(N2CCCC2=O)nc1. The number of carbonyl (C=O) groups is 2. The predicted molar refractivity (Wildman–Crippen MR) is 78.9 cm³/mol. The third-order valence-corrected chi connectivity index (χ3v) is 2.99. The van der Waals surface area contributed by atoms with Crippen LogP contribution >= 0.6 is 0 Å². The Labute approximate surface area is 124 Å². The topological polar surface area (TPSA) is 71.5 Å². The van der Waals surface area contributed by atoms with Gasteiger partial charge >= 0.3 is 6.09 Å². The van der Waals surface area contributed by atoms with Gasteiger partial charge in [-0.05, 0) is 38.8 Å². The van der Waals surface area contributed by atoms with E-state index in [1.807, 2.05) is 26.8 Å². The molecule has 0 radical (unpaired) electrons. The van der Waals surface area contributed by atoms with Gasteiger partial charge in [0.15, 0.2) is 0 Å². The average molecular weight is 291 g/mol. The monoisotopic (exact) mass is 291 g/mol. The Morgan fingerprint density at radius 1 is 1.43 bits per heavy atom. The molecule has 0 aromatic carbocycles. The molecule has 0 saturated carbocycles. The summed E-state index contributed by atoms with van der Waals surface area (Å²) in [4.78, 5) is 29.1. The molecule has 21 heavy (non-hydrogen) atoms. The lowest BCUT2D eigenvalue weighted by molar-refractivity contribution is -0.117. The number of ether oxygens (including phenoxy) is 1. The number of hydrogen-bond donors (Lipinski definition) is 1. The van der Waals surface area contributed by atoms with Gasteiger partial charge in [0.1, 0.15) is 11.4 Å². The predicted octanol–water partition coefficient (Wildman–Crippen LogP) is 2.23. The molecule has 114 valence electrons. The first-order valence-electron chi connectivity index (χ1n) is 7.07. The molecule has 1 aliphatic rings. The summed E-state index contributed by atoms with van der Waals surface area (Å²) in [5.41, 5.74) is 0.346. The molecule has 6 heteroatoms. The second kappa shape index (κ2) is 6.11. The molecule has 1 saturated heterocycles. The van der Waals surface area contributed by atoms with E-state index in [4.69, 9.17) is 4.74 Å². The smallest absolute Gasteiger partial charge is 0.407 e. The van der Waals surface area contributed by atoms with E-state index >= 15 is 0 Å². The summed E-state index contributed by atoms with van der Waals surface area (Å²) in [5.74, 6) is 0.778. The number of amides is 2. The lowest BCUT2D eigenvalue weighted by Crippen LogP contribution is -2.32. The second-order valence-electron chi connectivity index (χ2n) is 6.03. The summed E-state index contributed by atoms with van der Waals surface area (Å²) >= 11 is 0. The molecule has 1 N–H and O–H groups in total. The Bertz CT molecular complexity index is 520. The van der Waals surface area contributed by atoms with E-state index in [-0.39, 0.29) is 5.91 Å². The Morgan fingerprint density at radius 3 is 2.71 bits per heavy atom. The molecule has 1 aliphatic heterocycles. The lowest BCUT2D eigenvalue weighted by atomic mass is 10.2. The Balaban J connectivity index is 1.88. The summed E-state index contributed by atoms with van der Waals surface area (Å²) in [7, 11) is 0. The fourth-order valence-corrected chi connectivity index (χ4v) is 2.06. The van der Waals surface area contributed by atoms with Gasteiger partial charge in [0.05, 0.1) is 0 Å². The van der Waals surface area contributed by atoms with E-state index in [9.17, 15) is 9.59 Å². The molecule has 0 atom stereocenters. The molecule has 2 amide bonds. The van der Waals surface area contributed by atoms with Crippen molar-refractivity contribution in [3.63, 3.8) is 0 Å². The standard InChI is InChI=1S/C15H21N3O3/c1-15(2,3)21-14(20)17-10-11-6-7-12(16-9-11)18-8-4-5-13(18)19/h6-7,9H,4-5,8,10H2,1-3H3,(H,17,20). The van der Waals surface area contributed by atoms with Crippen molar-refractivity contribution in [1.82, 2.24) is 10.3 Å². The van der Waals surface area contributed by atoms with Crippen LogP contribution in [0.25, 0.3) is 0 Å². The third-order valence-electron chi connectivity index (χ3n) is 2.99. The molecular formula is C15H21N3O3. The fraction of sp³-hybridized carbons (Fsp3) is 0.533. The molecule has 1 fully saturated rings. The molecule has 6 nitrogen and oxygen atoms in total. The zero-order valence-corrected chi connectivity index (χ0v) is 12.7. The van der Waals surface area contributed by atoms with E-state index in [0.717, 1.165) is 18.5 Å². The van der Waals surface area contributed by atoms with Gasteiger partial charge < -0.3 is 10.1 Å². The van der Waals surface area contributed by atoms with Crippen LogP contribution < -0.4 is 10.2 Å². The van der Waals surface area contributed by atoms with Crippen molar-refractivity contribution in [3.8, 4) is 0 Å². The van der Waals surface area contributed by atoms with E-state index in [0.29, 0.717) is 18.8 Å². The van der Waals surface area contributed by atoms with Gasteiger partial charge in [-0.1, -0.05) is 6.07 Å². The van der Waals surface area contributed by atoms with Crippen LogP contribution in [0.2, 0.25) is 0 Å². The van der Waals surface area contributed by atoms with Crippen LogP contribution in [-0.4, -0.2) is 29.1 Å². The normalized spacial score (nSPS) is 15.2. The lowest BCUT2D eigenvalue weighted by Gasteiger charge is -2.19.